The molecule has 0 bridgehead atoms. The van der Waals surface area contributed by atoms with Crippen LogP contribution in [0.4, 0.5) is 20.4 Å². The van der Waals surface area contributed by atoms with Gasteiger partial charge in [0, 0.05) is 46.0 Å². The fraction of sp³-hybridized carbons (Fsp3) is 0.308. The quantitative estimate of drug-likeness (QED) is 0.412. The average molecular weight is 524 g/mol. The third-order valence-corrected chi connectivity index (χ3v) is 6.73. The lowest BCUT2D eigenvalue weighted by Crippen LogP contribution is -2.49. The number of hydrogen-bond acceptors (Lipinski definition) is 6. The van der Waals surface area contributed by atoms with E-state index in [0.29, 0.717) is 37.8 Å². The number of nitrogens with one attached hydrogen (secondary N) is 1. The average Bonchev–Trinajstić information content (AvgIpc) is 3.28. The molecule has 3 heterocycles. The summed E-state index contributed by atoms with van der Waals surface area (Å²) in [6.07, 6.45) is 0. The molecule has 38 heavy (non-hydrogen) atoms. The maximum Gasteiger partial charge on any atom is 0.332 e. The summed E-state index contributed by atoms with van der Waals surface area (Å²) in [5, 5.41) is 2.77. The van der Waals surface area contributed by atoms with Crippen LogP contribution in [-0.2, 0) is 25.4 Å². The van der Waals surface area contributed by atoms with Gasteiger partial charge >= 0.3 is 5.69 Å². The van der Waals surface area contributed by atoms with Crippen molar-refractivity contribution in [3.63, 3.8) is 0 Å². The summed E-state index contributed by atoms with van der Waals surface area (Å²) in [7, 11) is 3.00. The largest absolute Gasteiger partial charge is 0.340 e. The second kappa shape index (κ2) is 10.2. The molecule has 4 aromatic rings. The lowest BCUT2D eigenvalue weighted by Gasteiger charge is -2.35. The molecule has 12 heteroatoms. The van der Waals surface area contributed by atoms with E-state index in [0.717, 1.165) is 10.1 Å². The van der Waals surface area contributed by atoms with Gasteiger partial charge in [0.15, 0.2) is 11.2 Å². The highest BCUT2D eigenvalue weighted by molar-refractivity contribution is 5.92. The minimum atomic E-state index is -0.475. The van der Waals surface area contributed by atoms with Crippen LogP contribution in [0.1, 0.15) is 5.56 Å². The number of fused-ring (bicyclic) bond motifs is 1. The number of hydrogen-bond donors (Lipinski definition) is 1. The molecule has 0 radical (unpaired) electrons. The Morgan fingerprint density at radius 3 is 2.13 bits per heavy atom. The highest BCUT2D eigenvalue weighted by atomic mass is 19.1. The van der Waals surface area contributed by atoms with Crippen molar-refractivity contribution in [1.29, 1.82) is 0 Å². The van der Waals surface area contributed by atoms with E-state index in [9.17, 15) is 23.2 Å². The molecule has 5 rings (SSSR count). The molecule has 1 N–H and O–H groups in total. The van der Waals surface area contributed by atoms with Gasteiger partial charge in [-0.05, 0) is 42.0 Å². The van der Waals surface area contributed by atoms with Crippen LogP contribution < -0.4 is 21.5 Å². The number of amides is 1. The number of rotatable bonds is 6. The van der Waals surface area contributed by atoms with Crippen LogP contribution >= 0.6 is 0 Å². The lowest BCUT2D eigenvalue weighted by molar-refractivity contribution is -0.117. The maximum absolute atomic E-state index is 13.5. The number of benzene rings is 2. The summed E-state index contributed by atoms with van der Waals surface area (Å²) in [6.45, 7) is 2.63. The molecule has 0 saturated carbocycles. The predicted molar refractivity (Wildman–Crippen MR) is 139 cm³/mol. The number of carbonyl (C=O) groups excluding carboxylic acids is 1. The zero-order chi connectivity index (χ0) is 27.0. The Balaban J connectivity index is 1.38. The van der Waals surface area contributed by atoms with E-state index in [1.54, 1.807) is 23.7 Å². The first-order chi connectivity index (χ1) is 18.2. The molecule has 0 spiro atoms. The summed E-state index contributed by atoms with van der Waals surface area (Å²) >= 11 is 0. The van der Waals surface area contributed by atoms with Crippen LogP contribution in [-0.4, -0.2) is 62.2 Å². The molecule has 198 valence electrons. The number of imidazole rings is 1. The zero-order valence-electron chi connectivity index (χ0n) is 21.0. The molecule has 0 unspecified atom stereocenters. The van der Waals surface area contributed by atoms with Gasteiger partial charge in [-0.15, -0.1) is 0 Å². The van der Waals surface area contributed by atoms with Crippen LogP contribution in [0, 0.1) is 11.6 Å². The second-order valence-corrected chi connectivity index (χ2v) is 9.32. The number of halogens is 2. The molecule has 1 saturated heterocycles. The Morgan fingerprint density at radius 2 is 1.50 bits per heavy atom. The Kier molecular flexibility index (Phi) is 6.81. The summed E-state index contributed by atoms with van der Waals surface area (Å²) in [5.74, 6) is -0.407. The number of anilines is 2. The zero-order valence-corrected chi connectivity index (χ0v) is 21.0. The molecule has 1 aliphatic rings. The molecule has 1 amide bonds. The fourth-order valence-corrected chi connectivity index (χ4v) is 4.64. The van der Waals surface area contributed by atoms with Crippen LogP contribution in [0.5, 0.6) is 0 Å². The van der Waals surface area contributed by atoms with Crippen LogP contribution in [0.3, 0.4) is 0 Å². The number of aromatic nitrogens is 4. The molecule has 0 aliphatic carbocycles. The summed E-state index contributed by atoms with van der Waals surface area (Å²) < 4.78 is 30.8. The van der Waals surface area contributed by atoms with Gasteiger partial charge < -0.3 is 10.2 Å². The van der Waals surface area contributed by atoms with Crippen molar-refractivity contribution in [2.24, 2.45) is 14.1 Å². The standard InChI is InChI=1S/C26H27F2N7O3/c1-31-23-22(24(37)32(2)26(31)38)35(15-17-3-5-18(27)6-4-17)25(30-23)34-13-11-33(12-14-34)16-21(36)29-20-9-7-19(28)8-10-20/h3-10H,11-16H2,1-2H3,(H,29,36). The minimum absolute atomic E-state index is 0.173. The molecule has 0 atom stereocenters. The van der Waals surface area contributed by atoms with Crippen LogP contribution in [0.15, 0.2) is 58.1 Å². The highest BCUT2D eigenvalue weighted by Gasteiger charge is 2.26. The Morgan fingerprint density at radius 1 is 0.895 bits per heavy atom. The molecular formula is C26H27F2N7O3. The van der Waals surface area contributed by atoms with E-state index >= 15 is 0 Å². The minimum Gasteiger partial charge on any atom is -0.340 e. The topological polar surface area (TPSA) is 97.4 Å². The summed E-state index contributed by atoms with van der Waals surface area (Å²) in [6, 6.07) is 11.6. The molecule has 2 aromatic carbocycles. The van der Waals surface area contributed by atoms with E-state index in [1.807, 2.05) is 9.80 Å². The van der Waals surface area contributed by atoms with Crippen molar-refractivity contribution < 1.29 is 13.6 Å². The van der Waals surface area contributed by atoms with E-state index in [4.69, 9.17) is 4.98 Å². The molecule has 2 aromatic heterocycles. The first-order valence-corrected chi connectivity index (χ1v) is 12.1. The Bertz CT molecular complexity index is 1600. The van der Waals surface area contributed by atoms with Gasteiger partial charge in [-0.25, -0.2) is 13.6 Å². The Labute approximate surface area is 216 Å². The highest BCUT2D eigenvalue weighted by Crippen LogP contribution is 2.23. The third kappa shape index (κ3) is 4.94. The SMILES string of the molecule is Cn1c(=O)c2c(nc(N3CCN(CC(=O)Nc4ccc(F)cc4)CC3)n2Cc2ccc(F)cc2)n(C)c1=O. The fourth-order valence-electron chi connectivity index (χ4n) is 4.64. The van der Waals surface area contributed by atoms with Crippen LogP contribution in [0.2, 0.25) is 0 Å². The summed E-state index contributed by atoms with van der Waals surface area (Å²) in [5.41, 5.74) is 0.930. The van der Waals surface area contributed by atoms with E-state index < -0.39 is 11.2 Å². The predicted octanol–water partition coefficient (Wildman–Crippen LogP) is 1.52. The number of nitrogens with zero attached hydrogens (tertiary/aromatic N) is 6. The van der Waals surface area contributed by atoms with Crippen molar-refractivity contribution in [3.8, 4) is 0 Å². The van der Waals surface area contributed by atoms with Gasteiger partial charge in [0.05, 0.1) is 13.1 Å². The smallest absolute Gasteiger partial charge is 0.332 e. The molecule has 1 aliphatic heterocycles. The monoisotopic (exact) mass is 523 g/mol. The van der Waals surface area contributed by atoms with Gasteiger partial charge in [-0.1, -0.05) is 12.1 Å². The van der Waals surface area contributed by atoms with Crippen molar-refractivity contribution in [3.05, 3.63) is 86.6 Å². The van der Waals surface area contributed by atoms with Crippen molar-refractivity contribution in [2.75, 3.05) is 42.9 Å². The van der Waals surface area contributed by atoms with E-state index in [1.165, 1.54) is 48.0 Å². The maximum atomic E-state index is 13.5. The first-order valence-electron chi connectivity index (χ1n) is 12.1. The first kappa shape index (κ1) is 25.3. The van der Waals surface area contributed by atoms with Gasteiger partial charge in [-0.2, -0.15) is 4.98 Å². The molecular weight excluding hydrogens is 496 g/mol. The van der Waals surface area contributed by atoms with Crippen molar-refractivity contribution in [1.82, 2.24) is 23.6 Å². The Hall–Kier alpha value is -4.32. The van der Waals surface area contributed by atoms with Crippen molar-refractivity contribution >= 4 is 28.7 Å². The van der Waals surface area contributed by atoms with E-state index in [-0.39, 0.29) is 41.8 Å². The van der Waals surface area contributed by atoms with Gasteiger partial charge in [0.25, 0.3) is 5.56 Å². The third-order valence-electron chi connectivity index (χ3n) is 6.73. The number of aryl methyl sites for hydroxylation is 1. The van der Waals surface area contributed by atoms with Gasteiger partial charge in [0.1, 0.15) is 11.6 Å². The molecule has 10 nitrogen and oxygen atoms in total. The van der Waals surface area contributed by atoms with Gasteiger partial charge in [-0.3, -0.25) is 28.2 Å². The number of carbonyl (C=O) groups is 1. The normalized spacial score (nSPS) is 14.3. The van der Waals surface area contributed by atoms with E-state index in [2.05, 4.69) is 5.32 Å². The van der Waals surface area contributed by atoms with Gasteiger partial charge in [0.2, 0.25) is 11.9 Å². The number of piperazine rings is 1. The lowest BCUT2D eigenvalue weighted by atomic mass is 10.2. The summed E-state index contributed by atoms with van der Waals surface area (Å²) in [4.78, 5) is 46.9. The van der Waals surface area contributed by atoms with Crippen LogP contribution in [0.25, 0.3) is 11.2 Å². The van der Waals surface area contributed by atoms with Crippen molar-refractivity contribution in [2.45, 2.75) is 6.54 Å². The molecule has 1 fully saturated rings. The second-order valence-electron chi connectivity index (χ2n) is 9.32.